The van der Waals surface area contributed by atoms with Crippen LogP contribution in [0.4, 0.5) is 5.69 Å². The Morgan fingerprint density at radius 2 is 1.38 bits per heavy atom. The van der Waals surface area contributed by atoms with Gasteiger partial charge < -0.3 is 0 Å². The molecule has 1 radical (unpaired) electrons. The predicted molar refractivity (Wildman–Crippen MR) is 130 cm³/mol. The van der Waals surface area contributed by atoms with Gasteiger partial charge in [-0.05, 0) is 0 Å². The Morgan fingerprint density at radius 3 is 1.83 bits per heavy atom. The molecule has 0 bridgehead atoms. The summed E-state index contributed by atoms with van der Waals surface area (Å²) in [7, 11) is 0. The van der Waals surface area contributed by atoms with Crippen molar-refractivity contribution in [3.8, 4) is 0 Å². The number of benzene rings is 2. The Morgan fingerprint density at radius 1 is 0.828 bits per heavy atom. The van der Waals surface area contributed by atoms with Gasteiger partial charge in [0.15, 0.2) is 0 Å². The van der Waals surface area contributed by atoms with Gasteiger partial charge in [-0.2, -0.15) is 0 Å². The quantitative estimate of drug-likeness (QED) is 0.421. The fourth-order valence-corrected chi connectivity index (χ4v) is 8.67. The monoisotopic (exact) mass is 498 g/mol. The van der Waals surface area contributed by atoms with E-state index in [-0.39, 0.29) is 10.8 Å². The molecule has 0 saturated heterocycles. The van der Waals surface area contributed by atoms with Gasteiger partial charge in [-0.3, -0.25) is 0 Å². The summed E-state index contributed by atoms with van der Waals surface area (Å²) in [5.74, 6) is 1.10. The van der Waals surface area contributed by atoms with Crippen molar-refractivity contribution in [2.75, 3.05) is 3.06 Å². The van der Waals surface area contributed by atoms with Gasteiger partial charge in [0.05, 0.1) is 0 Å². The first-order chi connectivity index (χ1) is 13.3. The molecule has 1 aliphatic rings. The zero-order chi connectivity index (χ0) is 21.7. The van der Waals surface area contributed by atoms with Crippen molar-refractivity contribution in [1.29, 1.82) is 0 Å². The van der Waals surface area contributed by atoms with Crippen LogP contribution in [0.5, 0.6) is 0 Å². The van der Waals surface area contributed by atoms with Crippen LogP contribution in [0, 0.1) is 0 Å². The van der Waals surface area contributed by atoms with Crippen LogP contribution in [0.3, 0.4) is 0 Å². The van der Waals surface area contributed by atoms with E-state index < -0.39 is 21.9 Å². The van der Waals surface area contributed by atoms with Crippen LogP contribution in [-0.2, 0) is 17.4 Å². The van der Waals surface area contributed by atoms with Crippen LogP contribution in [-0.4, -0.2) is 21.9 Å². The minimum absolute atomic E-state index is 0.185. The second-order valence-electron chi connectivity index (χ2n) is 11.3. The van der Waals surface area contributed by atoms with Crippen LogP contribution < -0.4 is 6.57 Å². The summed E-state index contributed by atoms with van der Waals surface area (Å²) in [4.78, 5) is 0. The average molecular weight is 499 g/mol. The van der Waals surface area contributed by atoms with E-state index in [1.54, 1.807) is 20.3 Å². The van der Waals surface area contributed by atoms with Crippen LogP contribution in [0.25, 0.3) is 0 Å². The van der Waals surface area contributed by atoms with Gasteiger partial charge in [-0.15, -0.1) is 0 Å². The summed E-state index contributed by atoms with van der Waals surface area (Å²) in [5, 5.41) is 0. The molecule has 0 unspecified atom stereocenters. The first-order valence-corrected chi connectivity index (χ1v) is 13.5. The Kier molecular flexibility index (Phi) is 6.24. The third kappa shape index (κ3) is 4.56. The van der Waals surface area contributed by atoms with Crippen molar-refractivity contribution in [1.82, 2.24) is 0 Å². The summed E-state index contributed by atoms with van der Waals surface area (Å²) in [6.07, 6.45) is 0. The molecule has 0 amide bonds. The molecule has 1 heterocycles. The standard InChI is InChI=1S/C27H39N.Sb/c1-18(2)23-12-11-13-24(19(3)4)25(23)28-17-20-14-21(26(5,6)7)16-22(15-20)27(8,9)10;/h11-14,16,18-19H,17H2,1-10H3;/q-1;+1. The maximum atomic E-state index is 2.80. The summed E-state index contributed by atoms with van der Waals surface area (Å²) >= 11 is -0.659. The molecule has 2 aromatic rings. The van der Waals surface area contributed by atoms with Crippen molar-refractivity contribution in [2.24, 2.45) is 0 Å². The van der Waals surface area contributed by atoms with Gasteiger partial charge in [-0.1, -0.05) is 0 Å². The van der Waals surface area contributed by atoms with Crippen molar-refractivity contribution < 1.29 is 0 Å². The molecule has 0 aliphatic carbocycles. The van der Waals surface area contributed by atoms with E-state index in [9.17, 15) is 0 Å². The molecule has 0 N–H and O–H groups in total. The van der Waals surface area contributed by atoms with Gasteiger partial charge in [0.25, 0.3) is 0 Å². The zero-order valence-electron chi connectivity index (χ0n) is 20.1. The average Bonchev–Trinajstić information content (AvgIpc) is 3.01. The number of para-hydroxylation sites is 1. The maximum absolute atomic E-state index is 2.80. The number of nitrogens with zero attached hydrogens (tertiary/aromatic N) is 1. The summed E-state index contributed by atoms with van der Waals surface area (Å²) < 4.78 is 4.50. The van der Waals surface area contributed by atoms with Crippen LogP contribution in [0.1, 0.15) is 109 Å². The van der Waals surface area contributed by atoms with Crippen LogP contribution >= 0.6 is 0 Å². The third-order valence-electron chi connectivity index (χ3n) is 6.00. The van der Waals surface area contributed by atoms with Gasteiger partial charge in [-0.25, -0.2) is 0 Å². The summed E-state index contributed by atoms with van der Waals surface area (Å²) in [5.41, 5.74) is 9.63. The Balaban J connectivity index is 2.16. The number of hydrogen-bond acceptors (Lipinski definition) is 1. The van der Waals surface area contributed by atoms with E-state index in [0.717, 1.165) is 6.54 Å². The Bertz CT molecular complexity index is 868. The Labute approximate surface area is 190 Å². The van der Waals surface area contributed by atoms with E-state index >= 15 is 0 Å². The van der Waals surface area contributed by atoms with Gasteiger partial charge >= 0.3 is 191 Å². The van der Waals surface area contributed by atoms with Crippen molar-refractivity contribution in [3.63, 3.8) is 0 Å². The molecule has 0 atom stereocenters. The first kappa shape index (κ1) is 22.7. The normalized spacial score (nSPS) is 14.8. The number of fused-ring (bicyclic) bond motifs is 1. The van der Waals surface area contributed by atoms with E-state index in [1.165, 1.54) is 16.7 Å². The van der Waals surface area contributed by atoms with E-state index in [2.05, 4.69) is 103 Å². The number of rotatable bonds is 3. The number of anilines is 1. The first-order valence-electron chi connectivity index (χ1n) is 11.1. The summed E-state index contributed by atoms with van der Waals surface area (Å²) in [6, 6.07) is 12.0. The molecule has 0 saturated carbocycles. The molecule has 0 aromatic heterocycles. The molecule has 1 aliphatic heterocycles. The molecular formula is C27H39NSb. The van der Waals surface area contributed by atoms with E-state index in [0.29, 0.717) is 11.8 Å². The molecule has 0 fully saturated rings. The molecule has 0 spiro atoms. The van der Waals surface area contributed by atoms with Gasteiger partial charge in [0.1, 0.15) is 0 Å². The molecule has 29 heavy (non-hydrogen) atoms. The third-order valence-corrected chi connectivity index (χ3v) is 9.75. The fraction of sp³-hybridized carbons (Fsp3) is 0.556. The molecule has 157 valence electrons. The number of hydrogen-bond donors (Lipinski definition) is 0. The predicted octanol–water partition coefficient (Wildman–Crippen LogP) is 6.79. The second kappa shape index (κ2) is 7.96. The fourth-order valence-electron chi connectivity index (χ4n) is 4.19. The van der Waals surface area contributed by atoms with Crippen molar-refractivity contribution in [3.05, 3.63) is 58.1 Å². The van der Waals surface area contributed by atoms with Crippen LogP contribution in [0.15, 0.2) is 30.3 Å². The SMILES string of the molecule is CC(C)c1cccc(C(C)C)c1[N]1Cc2cc(C(C)(C)C)cc(C(C)(C)C)[c]2[Sb]1. The summed E-state index contributed by atoms with van der Waals surface area (Å²) in [6.45, 7) is 24.6. The second-order valence-corrected chi connectivity index (χ2v) is 14.5. The minimum atomic E-state index is -0.659. The van der Waals surface area contributed by atoms with Crippen LogP contribution in [0.2, 0.25) is 0 Å². The topological polar surface area (TPSA) is 3.24 Å². The zero-order valence-corrected chi connectivity index (χ0v) is 22.7. The van der Waals surface area contributed by atoms with E-state index in [4.69, 9.17) is 0 Å². The van der Waals surface area contributed by atoms with Crippen molar-refractivity contribution >= 4 is 31.1 Å². The van der Waals surface area contributed by atoms with Gasteiger partial charge in [0.2, 0.25) is 0 Å². The van der Waals surface area contributed by atoms with Gasteiger partial charge in [0, 0.05) is 0 Å². The molecular weight excluding hydrogens is 460 g/mol. The molecule has 1 nitrogen and oxygen atoms in total. The molecule has 2 aromatic carbocycles. The molecule has 3 rings (SSSR count). The van der Waals surface area contributed by atoms with E-state index in [1.807, 2.05) is 0 Å². The van der Waals surface area contributed by atoms with Crippen molar-refractivity contribution in [2.45, 2.75) is 98.4 Å². The molecule has 2 heteroatoms. The Hall–Kier alpha value is -0.942.